The first-order valence-electron chi connectivity index (χ1n) is 6.54. The minimum absolute atomic E-state index is 0.0548. The minimum atomic E-state index is 0.0548. The molecule has 2 N–H and O–H groups in total. The average Bonchev–Trinajstić information content (AvgIpc) is 3.07. The van der Waals surface area contributed by atoms with Gasteiger partial charge in [0.2, 0.25) is 11.7 Å². The van der Waals surface area contributed by atoms with Gasteiger partial charge < -0.3 is 10.3 Å². The summed E-state index contributed by atoms with van der Waals surface area (Å²) >= 11 is 1.48. The predicted molar refractivity (Wildman–Crippen MR) is 84.4 cm³/mol. The van der Waals surface area contributed by atoms with Crippen LogP contribution in [-0.2, 0) is 0 Å². The maximum Gasteiger partial charge on any atom is 0.205 e. The van der Waals surface area contributed by atoms with Crippen LogP contribution in [0.1, 0.15) is 10.4 Å². The summed E-state index contributed by atoms with van der Waals surface area (Å²) in [5.74, 6) is 0.687. The summed E-state index contributed by atoms with van der Waals surface area (Å²) in [6.07, 6.45) is 1.71. The lowest BCUT2D eigenvalue weighted by Gasteiger charge is -1.96. The number of para-hydroxylation sites is 2. The first-order valence-corrected chi connectivity index (χ1v) is 7.36. The van der Waals surface area contributed by atoms with Crippen molar-refractivity contribution in [1.82, 2.24) is 9.97 Å². The number of anilines is 1. The standard InChI is InChI=1S/C16H11N3OS/c20-15-10-5-1-4-8-13(10)21-14(15)9-17-16-18-11-6-2-3-7-12(11)19-16/h1-9H,(H2,17,18,19). The quantitative estimate of drug-likeness (QED) is 0.705. The second-order valence-electron chi connectivity index (χ2n) is 4.68. The lowest BCUT2D eigenvalue weighted by atomic mass is 10.1. The molecule has 4 rings (SSSR count). The van der Waals surface area contributed by atoms with Gasteiger partial charge in [0.15, 0.2) is 0 Å². The van der Waals surface area contributed by atoms with E-state index in [-0.39, 0.29) is 5.78 Å². The largest absolute Gasteiger partial charge is 0.331 e. The highest BCUT2D eigenvalue weighted by molar-refractivity contribution is 8.04. The number of imidazole rings is 1. The van der Waals surface area contributed by atoms with Crippen molar-refractivity contribution in [2.75, 3.05) is 5.32 Å². The molecule has 1 aromatic heterocycles. The maximum absolute atomic E-state index is 12.2. The van der Waals surface area contributed by atoms with Gasteiger partial charge in [0.1, 0.15) is 0 Å². The fourth-order valence-corrected chi connectivity index (χ4v) is 3.27. The van der Waals surface area contributed by atoms with Crippen molar-refractivity contribution in [3.05, 3.63) is 65.2 Å². The third-order valence-electron chi connectivity index (χ3n) is 3.30. The lowest BCUT2D eigenvalue weighted by molar-refractivity contribution is 0.104. The van der Waals surface area contributed by atoms with Crippen molar-refractivity contribution >= 4 is 34.5 Å². The molecular weight excluding hydrogens is 282 g/mol. The number of aromatic amines is 1. The van der Waals surface area contributed by atoms with Crippen molar-refractivity contribution in [2.24, 2.45) is 0 Å². The second kappa shape index (κ2) is 4.79. The average molecular weight is 293 g/mol. The number of rotatable bonds is 2. The Kier molecular flexibility index (Phi) is 2.79. The molecule has 0 saturated heterocycles. The molecule has 0 spiro atoms. The van der Waals surface area contributed by atoms with Gasteiger partial charge in [0.25, 0.3) is 0 Å². The highest BCUT2D eigenvalue weighted by atomic mass is 32.2. The van der Waals surface area contributed by atoms with Crippen molar-refractivity contribution in [3.63, 3.8) is 0 Å². The number of Topliss-reactive ketones (excluding diaryl/α,β-unsaturated/α-hetero) is 1. The fraction of sp³-hybridized carbons (Fsp3) is 0. The van der Waals surface area contributed by atoms with Crippen molar-refractivity contribution in [1.29, 1.82) is 0 Å². The SMILES string of the molecule is O=C1C(=CNc2nc3ccccc3[nH]2)Sc2ccccc21. The molecule has 102 valence electrons. The van der Waals surface area contributed by atoms with Gasteiger partial charge in [-0.2, -0.15) is 0 Å². The molecule has 0 radical (unpaired) electrons. The normalized spacial score (nSPS) is 15.6. The number of allylic oxidation sites excluding steroid dienone is 1. The Balaban J connectivity index is 1.61. The highest BCUT2D eigenvalue weighted by Gasteiger charge is 2.25. The Labute approximate surface area is 125 Å². The van der Waals surface area contributed by atoms with Gasteiger partial charge in [-0.15, -0.1) is 0 Å². The Morgan fingerprint density at radius 1 is 1.10 bits per heavy atom. The van der Waals surface area contributed by atoms with Crippen LogP contribution in [0.5, 0.6) is 0 Å². The van der Waals surface area contributed by atoms with E-state index in [0.29, 0.717) is 10.9 Å². The van der Waals surface area contributed by atoms with E-state index >= 15 is 0 Å². The number of H-pyrrole nitrogens is 1. The third kappa shape index (κ3) is 2.11. The summed E-state index contributed by atoms with van der Waals surface area (Å²) in [7, 11) is 0. The number of thioether (sulfide) groups is 1. The zero-order valence-corrected chi connectivity index (χ0v) is 11.8. The number of hydrogen-bond donors (Lipinski definition) is 2. The fourth-order valence-electron chi connectivity index (χ4n) is 2.29. The van der Waals surface area contributed by atoms with Gasteiger partial charge in [-0.1, -0.05) is 36.0 Å². The van der Waals surface area contributed by atoms with Gasteiger partial charge in [-0.05, 0) is 24.3 Å². The Morgan fingerprint density at radius 2 is 1.90 bits per heavy atom. The van der Waals surface area contributed by atoms with Gasteiger partial charge in [0, 0.05) is 16.7 Å². The number of carbonyl (C=O) groups excluding carboxylic acids is 1. The van der Waals surface area contributed by atoms with Crippen LogP contribution in [0.15, 0.2) is 64.5 Å². The van der Waals surface area contributed by atoms with E-state index in [4.69, 9.17) is 0 Å². The summed E-state index contributed by atoms with van der Waals surface area (Å²) in [5.41, 5.74) is 2.62. The van der Waals surface area contributed by atoms with Crippen molar-refractivity contribution < 1.29 is 4.79 Å². The van der Waals surface area contributed by atoms with Crippen LogP contribution in [0, 0.1) is 0 Å². The number of aromatic nitrogens is 2. The molecule has 3 aromatic rings. The number of nitrogens with one attached hydrogen (secondary N) is 2. The van der Waals surface area contributed by atoms with E-state index < -0.39 is 0 Å². The van der Waals surface area contributed by atoms with Crippen LogP contribution in [-0.4, -0.2) is 15.8 Å². The van der Waals surface area contributed by atoms with Crippen molar-refractivity contribution in [3.8, 4) is 0 Å². The first-order chi connectivity index (χ1) is 10.3. The third-order valence-corrected chi connectivity index (χ3v) is 4.40. The minimum Gasteiger partial charge on any atom is -0.331 e. The summed E-state index contributed by atoms with van der Waals surface area (Å²) in [4.78, 5) is 21.5. The zero-order chi connectivity index (χ0) is 14.2. The van der Waals surface area contributed by atoms with E-state index in [0.717, 1.165) is 21.5 Å². The van der Waals surface area contributed by atoms with E-state index in [1.807, 2.05) is 48.5 Å². The van der Waals surface area contributed by atoms with Crippen LogP contribution in [0.25, 0.3) is 11.0 Å². The molecule has 0 fully saturated rings. The van der Waals surface area contributed by atoms with Crippen LogP contribution < -0.4 is 5.32 Å². The monoisotopic (exact) mass is 293 g/mol. The summed E-state index contributed by atoms with van der Waals surface area (Å²) < 4.78 is 0. The van der Waals surface area contributed by atoms with Crippen LogP contribution >= 0.6 is 11.8 Å². The second-order valence-corrected chi connectivity index (χ2v) is 5.77. The molecule has 0 saturated carbocycles. The van der Waals surface area contributed by atoms with E-state index in [2.05, 4.69) is 15.3 Å². The lowest BCUT2D eigenvalue weighted by Crippen LogP contribution is -1.98. The molecule has 21 heavy (non-hydrogen) atoms. The smallest absolute Gasteiger partial charge is 0.205 e. The van der Waals surface area contributed by atoms with E-state index in [1.54, 1.807) is 6.20 Å². The van der Waals surface area contributed by atoms with Gasteiger partial charge >= 0.3 is 0 Å². The molecule has 5 heteroatoms. The van der Waals surface area contributed by atoms with Gasteiger partial charge in [-0.3, -0.25) is 4.79 Å². The molecule has 0 amide bonds. The topological polar surface area (TPSA) is 57.8 Å². The van der Waals surface area contributed by atoms with Gasteiger partial charge in [0.05, 0.1) is 15.9 Å². The molecular formula is C16H11N3OS. The van der Waals surface area contributed by atoms with Crippen LogP contribution in [0.2, 0.25) is 0 Å². The number of nitrogens with zero attached hydrogens (tertiary/aromatic N) is 1. The Morgan fingerprint density at radius 3 is 2.76 bits per heavy atom. The van der Waals surface area contributed by atoms with Crippen LogP contribution in [0.3, 0.4) is 0 Å². The molecule has 4 nitrogen and oxygen atoms in total. The molecule has 0 aliphatic carbocycles. The number of benzene rings is 2. The first kappa shape index (κ1) is 12.2. The summed E-state index contributed by atoms with van der Waals surface area (Å²) in [5, 5.41) is 3.07. The molecule has 2 aromatic carbocycles. The molecule has 0 bridgehead atoms. The van der Waals surface area contributed by atoms with E-state index in [1.165, 1.54) is 11.8 Å². The maximum atomic E-state index is 12.2. The summed E-state index contributed by atoms with van der Waals surface area (Å²) in [6.45, 7) is 0. The molecule has 1 aliphatic heterocycles. The van der Waals surface area contributed by atoms with Crippen LogP contribution in [0.4, 0.5) is 5.95 Å². The Hall–Kier alpha value is -2.53. The summed E-state index contributed by atoms with van der Waals surface area (Å²) in [6, 6.07) is 15.4. The number of carbonyl (C=O) groups is 1. The van der Waals surface area contributed by atoms with E-state index in [9.17, 15) is 4.79 Å². The molecule has 1 aliphatic rings. The number of fused-ring (bicyclic) bond motifs is 2. The zero-order valence-electron chi connectivity index (χ0n) is 11.0. The Bertz CT molecular complexity index is 849. The number of hydrogen-bond acceptors (Lipinski definition) is 4. The molecule has 0 atom stereocenters. The van der Waals surface area contributed by atoms with Crippen molar-refractivity contribution in [2.45, 2.75) is 4.90 Å². The number of ketones is 1. The van der Waals surface area contributed by atoms with Gasteiger partial charge in [-0.25, -0.2) is 4.98 Å². The molecule has 0 unspecified atom stereocenters. The highest BCUT2D eigenvalue weighted by Crippen LogP contribution is 2.39. The molecule has 2 heterocycles. The predicted octanol–water partition coefficient (Wildman–Crippen LogP) is 3.80.